The molecule has 1 aliphatic carbocycles. The normalized spacial score (nSPS) is 19.0. The van der Waals surface area contributed by atoms with Gasteiger partial charge in [-0.1, -0.05) is 31.4 Å². The fourth-order valence-electron chi connectivity index (χ4n) is 5.40. The molecule has 0 spiro atoms. The van der Waals surface area contributed by atoms with Crippen molar-refractivity contribution >= 4 is 23.7 Å². The number of hydrogen-bond donors (Lipinski definition) is 1. The summed E-state index contributed by atoms with van der Waals surface area (Å²) in [6.07, 6.45) is 8.61. The maximum absolute atomic E-state index is 12.2. The Bertz CT molecular complexity index is 1010. The predicted octanol–water partition coefficient (Wildman–Crippen LogP) is 4.69. The second kappa shape index (κ2) is 13.3. The number of aldehydes is 1. The Balaban J connectivity index is 1.59. The minimum absolute atomic E-state index is 0.100. The third-order valence-electron chi connectivity index (χ3n) is 7.49. The Kier molecular flexibility index (Phi) is 9.88. The molecule has 0 amide bonds. The van der Waals surface area contributed by atoms with Crippen molar-refractivity contribution in [3.8, 4) is 0 Å². The van der Waals surface area contributed by atoms with Gasteiger partial charge in [-0.2, -0.15) is 4.98 Å². The van der Waals surface area contributed by atoms with E-state index in [-0.39, 0.29) is 6.10 Å². The van der Waals surface area contributed by atoms with Crippen molar-refractivity contribution in [3.63, 3.8) is 0 Å². The first-order chi connectivity index (χ1) is 17.9. The number of rotatable bonds is 11. The summed E-state index contributed by atoms with van der Waals surface area (Å²) in [4.78, 5) is 28.5. The van der Waals surface area contributed by atoms with Gasteiger partial charge in [-0.3, -0.25) is 4.79 Å². The number of aromatic nitrogens is 2. The van der Waals surface area contributed by atoms with E-state index in [1.165, 1.54) is 37.7 Å². The molecule has 0 bridgehead atoms. The first-order valence-corrected chi connectivity index (χ1v) is 13.9. The van der Waals surface area contributed by atoms with Gasteiger partial charge < -0.3 is 24.8 Å². The molecular weight excluding hydrogens is 464 g/mol. The van der Waals surface area contributed by atoms with E-state index >= 15 is 0 Å². The summed E-state index contributed by atoms with van der Waals surface area (Å²) in [5.74, 6) is 1.96. The molecule has 2 aliphatic rings. The third kappa shape index (κ3) is 7.72. The molecule has 2 heterocycles. The number of anilines is 3. The lowest BCUT2D eigenvalue weighted by Crippen LogP contribution is -2.42. The van der Waals surface area contributed by atoms with Gasteiger partial charge in [-0.05, 0) is 84.0 Å². The highest BCUT2D eigenvalue weighted by molar-refractivity contribution is 5.79. The van der Waals surface area contributed by atoms with E-state index in [0.29, 0.717) is 49.6 Å². The Labute approximate surface area is 222 Å². The molecule has 1 saturated carbocycles. The summed E-state index contributed by atoms with van der Waals surface area (Å²) in [5.41, 5.74) is 3.69. The molecule has 8 heteroatoms. The smallest absolute Gasteiger partial charge is 0.228 e. The Morgan fingerprint density at radius 2 is 1.84 bits per heavy atom. The third-order valence-corrected chi connectivity index (χ3v) is 7.49. The first-order valence-electron chi connectivity index (χ1n) is 13.9. The molecule has 8 nitrogen and oxygen atoms in total. The Morgan fingerprint density at radius 1 is 1.08 bits per heavy atom. The number of carbonyl (C=O) groups excluding carboxylic acids is 1. The standard InChI is InChI=1S/C29H44N6O2/c1-22-19-35(17-18-37-22)29-31-27(21-36)26(20-34(4)16-8-15-33(2)3)28(32-29)30-25-13-11-24(12-14-25)23-9-6-5-7-10-23/h11-14,21-23H,5-10,15-20H2,1-4H3,(H,30,31,32). The van der Waals surface area contributed by atoms with E-state index in [9.17, 15) is 4.79 Å². The van der Waals surface area contributed by atoms with Gasteiger partial charge in [0.1, 0.15) is 11.5 Å². The summed E-state index contributed by atoms with van der Waals surface area (Å²) in [5, 5.41) is 3.54. The maximum atomic E-state index is 12.2. The highest BCUT2D eigenvalue weighted by Crippen LogP contribution is 2.33. The van der Waals surface area contributed by atoms with E-state index < -0.39 is 0 Å². The van der Waals surface area contributed by atoms with Crippen LogP contribution < -0.4 is 10.2 Å². The van der Waals surface area contributed by atoms with Crippen molar-refractivity contribution < 1.29 is 9.53 Å². The van der Waals surface area contributed by atoms with E-state index in [0.717, 1.165) is 37.0 Å². The van der Waals surface area contributed by atoms with Gasteiger partial charge in [0.2, 0.25) is 5.95 Å². The largest absolute Gasteiger partial charge is 0.375 e. The van der Waals surface area contributed by atoms with Crippen LogP contribution in [-0.2, 0) is 11.3 Å². The average Bonchev–Trinajstić information content (AvgIpc) is 2.90. The summed E-state index contributed by atoms with van der Waals surface area (Å²) in [6, 6.07) is 8.79. The zero-order valence-electron chi connectivity index (χ0n) is 23.1. The van der Waals surface area contributed by atoms with E-state index in [2.05, 4.69) is 72.3 Å². The predicted molar refractivity (Wildman–Crippen MR) is 150 cm³/mol. The van der Waals surface area contributed by atoms with Crippen LogP contribution in [0.4, 0.5) is 17.5 Å². The minimum Gasteiger partial charge on any atom is -0.375 e. The lowest BCUT2D eigenvalue weighted by atomic mass is 9.84. The maximum Gasteiger partial charge on any atom is 0.228 e. The van der Waals surface area contributed by atoms with Gasteiger partial charge in [-0.15, -0.1) is 0 Å². The number of nitrogens with one attached hydrogen (secondary N) is 1. The molecule has 2 aromatic rings. The van der Waals surface area contributed by atoms with E-state index in [4.69, 9.17) is 14.7 Å². The summed E-state index contributed by atoms with van der Waals surface area (Å²) < 4.78 is 5.71. The molecular formula is C29H44N6O2. The molecule has 1 aromatic heterocycles. The van der Waals surface area contributed by atoms with Crippen molar-refractivity contribution in [2.24, 2.45) is 0 Å². The molecule has 202 valence electrons. The zero-order valence-corrected chi connectivity index (χ0v) is 23.1. The fraction of sp³-hybridized carbons (Fsp3) is 0.621. The Hall–Kier alpha value is -2.55. The van der Waals surface area contributed by atoms with Crippen LogP contribution in [-0.4, -0.2) is 86.1 Å². The molecule has 1 N–H and O–H groups in total. The number of morpholine rings is 1. The van der Waals surface area contributed by atoms with Crippen LogP contribution in [0.3, 0.4) is 0 Å². The van der Waals surface area contributed by atoms with Crippen LogP contribution in [0.25, 0.3) is 0 Å². The molecule has 4 rings (SSSR count). The highest BCUT2D eigenvalue weighted by atomic mass is 16.5. The van der Waals surface area contributed by atoms with E-state index in [1.807, 2.05) is 0 Å². The minimum atomic E-state index is 0.100. The zero-order chi connectivity index (χ0) is 26.2. The number of carbonyl (C=O) groups is 1. The molecule has 2 fully saturated rings. The number of hydrogen-bond acceptors (Lipinski definition) is 8. The fourth-order valence-corrected chi connectivity index (χ4v) is 5.40. The molecule has 1 aliphatic heterocycles. The number of nitrogens with zero attached hydrogens (tertiary/aromatic N) is 5. The van der Waals surface area contributed by atoms with Crippen molar-refractivity contribution in [2.75, 3.05) is 64.1 Å². The summed E-state index contributed by atoms with van der Waals surface area (Å²) in [6.45, 7) is 6.64. The van der Waals surface area contributed by atoms with Crippen LogP contribution in [0.1, 0.15) is 73.0 Å². The van der Waals surface area contributed by atoms with Crippen LogP contribution in [0.2, 0.25) is 0 Å². The lowest BCUT2D eigenvalue weighted by molar-refractivity contribution is 0.0526. The van der Waals surface area contributed by atoms with Crippen molar-refractivity contribution in [3.05, 3.63) is 41.1 Å². The van der Waals surface area contributed by atoms with Crippen LogP contribution >= 0.6 is 0 Å². The van der Waals surface area contributed by atoms with Gasteiger partial charge in [0.05, 0.1) is 12.7 Å². The quantitative estimate of drug-likeness (QED) is 0.438. The van der Waals surface area contributed by atoms with Gasteiger partial charge in [-0.25, -0.2) is 4.98 Å². The van der Waals surface area contributed by atoms with Crippen LogP contribution in [0.5, 0.6) is 0 Å². The molecule has 1 aromatic carbocycles. The van der Waals surface area contributed by atoms with Crippen molar-refractivity contribution in [1.29, 1.82) is 0 Å². The number of benzene rings is 1. The van der Waals surface area contributed by atoms with E-state index in [1.54, 1.807) is 0 Å². The highest BCUT2D eigenvalue weighted by Gasteiger charge is 2.23. The topological polar surface area (TPSA) is 73.8 Å². The van der Waals surface area contributed by atoms with Gasteiger partial charge in [0.25, 0.3) is 0 Å². The molecule has 1 unspecified atom stereocenters. The molecule has 37 heavy (non-hydrogen) atoms. The lowest BCUT2D eigenvalue weighted by Gasteiger charge is -2.32. The van der Waals surface area contributed by atoms with Crippen molar-refractivity contribution in [2.45, 2.75) is 64.0 Å². The summed E-state index contributed by atoms with van der Waals surface area (Å²) in [7, 11) is 6.26. The van der Waals surface area contributed by atoms with Gasteiger partial charge in [0.15, 0.2) is 6.29 Å². The SMILES string of the molecule is CC1CN(c2nc(C=O)c(CN(C)CCCN(C)C)c(Nc3ccc(C4CCCCC4)cc3)n2)CCO1. The number of ether oxygens (including phenoxy) is 1. The van der Waals surface area contributed by atoms with Gasteiger partial charge in [0, 0.05) is 30.9 Å². The second-order valence-electron chi connectivity index (χ2n) is 11.0. The monoisotopic (exact) mass is 508 g/mol. The summed E-state index contributed by atoms with van der Waals surface area (Å²) >= 11 is 0. The molecule has 1 saturated heterocycles. The van der Waals surface area contributed by atoms with Gasteiger partial charge >= 0.3 is 0 Å². The van der Waals surface area contributed by atoms with Crippen LogP contribution in [0.15, 0.2) is 24.3 Å². The van der Waals surface area contributed by atoms with Crippen LogP contribution in [0, 0.1) is 0 Å². The molecule has 1 atom stereocenters. The first kappa shape index (κ1) is 27.5. The van der Waals surface area contributed by atoms with Crippen molar-refractivity contribution in [1.82, 2.24) is 19.8 Å². The molecule has 0 radical (unpaired) electrons. The average molecular weight is 509 g/mol. The Morgan fingerprint density at radius 3 is 2.51 bits per heavy atom. The second-order valence-corrected chi connectivity index (χ2v) is 11.0.